The second-order valence-electron chi connectivity index (χ2n) is 2.86. The van der Waals surface area contributed by atoms with Crippen molar-refractivity contribution in [2.75, 3.05) is 6.54 Å². The van der Waals surface area contributed by atoms with E-state index in [4.69, 9.17) is 0 Å². The summed E-state index contributed by atoms with van der Waals surface area (Å²) in [5.74, 6) is 0.797. The number of tetrazole rings is 1. The van der Waals surface area contributed by atoms with Crippen molar-refractivity contribution in [2.45, 2.75) is 26.3 Å². The number of nitrogens with one attached hydrogen (secondary N) is 1. The van der Waals surface area contributed by atoms with Gasteiger partial charge in [-0.05, 0) is 18.7 Å². The number of aryl methyl sites for hydroxylation is 1. The summed E-state index contributed by atoms with van der Waals surface area (Å²) >= 11 is 0. The largest absolute Gasteiger partial charge is 0.314 e. The van der Waals surface area contributed by atoms with E-state index in [0.29, 0.717) is 6.04 Å². The van der Waals surface area contributed by atoms with Crippen LogP contribution in [-0.4, -0.2) is 32.8 Å². The smallest absolute Gasteiger partial charge is 0.176 e. The lowest BCUT2D eigenvalue weighted by Crippen LogP contribution is -2.28. The van der Waals surface area contributed by atoms with E-state index in [2.05, 4.69) is 34.6 Å². The van der Waals surface area contributed by atoms with E-state index in [1.165, 1.54) is 4.80 Å². The van der Waals surface area contributed by atoms with Crippen molar-refractivity contribution in [3.63, 3.8) is 0 Å². The van der Waals surface area contributed by atoms with Crippen LogP contribution in [-0.2, 0) is 13.5 Å². The van der Waals surface area contributed by atoms with Gasteiger partial charge in [0, 0.05) is 12.5 Å². The van der Waals surface area contributed by atoms with Gasteiger partial charge in [0.1, 0.15) is 0 Å². The van der Waals surface area contributed by atoms with Gasteiger partial charge in [-0.15, -0.1) is 10.2 Å². The van der Waals surface area contributed by atoms with Gasteiger partial charge in [0.25, 0.3) is 0 Å². The van der Waals surface area contributed by atoms with Gasteiger partial charge < -0.3 is 5.32 Å². The molecule has 0 aliphatic heterocycles. The van der Waals surface area contributed by atoms with E-state index in [1.54, 1.807) is 7.05 Å². The van der Waals surface area contributed by atoms with Crippen molar-refractivity contribution in [3.8, 4) is 0 Å². The van der Waals surface area contributed by atoms with E-state index in [-0.39, 0.29) is 0 Å². The fourth-order valence-electron chi connectivity index (χ4n) is 1.10. The highest BCUT2D eigenvalue weighted by molar-refractivity contribution is 4.81. The van der Waals surface area contributed by atoms with Crippen LogP contribution < -0.4 is 5.32 Å². The molecule has 0 aliphatic rings. The van der Waals surface area contributed by atoms with Crippen LogP contribution in [0.5, 0.6) is 0 Å². The number of aromatic nitrogens is 4. The van der Waals surface area contributed by atoms with Crippen LogP contribution in [0.2, 0.25) is 0 Å². The third-order valence-electron chi connectivity index (χ3n) is 1.59. The standard InChI is InChI=1S/C7H15N5/c1-4-8-6(2)5-7-9-11-12(3)10-7/h6,8H,4-5H2,1-3H3. The Kier molecular flexibility index (Phi) is 3.16. The van der Waals surface area contributed by atoms with Crippen LogP contribution in [0.15, 0.2) is 0 Å². The molecule has 1 N–H and O–H groups in total. The van der Waals surface area contributed by atoms with E-state index in [1.807, 2.05) is 0 Å². The molecule has 0 saturated heterocycles. The van der Waals surface area contributed by atoms with Crippen molar-refractivity contribution in [2.24, 2.45) is 7.05 Å². The number of hydrogen-bond donors (Lipinski definition) is 1. The maximum atomic E-state index is 4.09. The molecule has 5 heteroatoms. The van der Waals surface area contributed by atoms with Gasteiger partial charge in [0.2, 0.25) is 0 Å². The first-order valence-corrected chi connectivity index (χ1v) is 4.18. The molecule has 0 saturated carbocycles. The average molecular weight is 169 g/mol. The van der Waals surface area contributed by atoms with E-state index in [0.717, 1.165) is 18.8 Å². The maximum absolute atomic E-state index is 4.09. The van der Waals surface area contributed by atoms with Gasteiger partial charge >= 0.3 is 0 Å². The number of rotatable bonds is 4. The molecule has 0 bridgehead atoms. The molecule has 5 nitrogen and oxygen atoms in total. The molecule has 0 fully saturated rings. The molecule has 0 amide bonds. The highest BCUT2D eigenvalue weighted by Crippen LogP contribution is 1.92. The van der Waals surface area contributed by atoms with Gasteiger partial charge in [-0.1, -0.05) is 6.92 Å². The highest BCUT2D eigenvalue weighted by atomic mass is 15.6. The number of hydrogen-bond acceptors (Lipinski definition) is 4. The van der Waals surface area contributed by atoms with Crippen molar-refractivity contribution in [3.05, 3.63) is 5.82 Å². The van der Waals surface area contributed by atoms with E-state index >= 15 is 0 Å². The van der Waals surface area contributed by atoms with E-state index < -0.39 is 0 Å². The molecular weight excluding hydrogens is 154 g/mol. The van der Waals surface area contributed by atoms with Gasteiger partial charge in [0.05, 0.1) is 7.05 Å². The summed E-state index contributed by atoms with van der Waals surface area (Å²) in [6.07, 6.45) is 0.835. The zero-order chi connectivity index (χ0) is 8.97. The lowest BCUT2D eigenvalue weighted by atomic mass is 10.2. The molecule has 1 aromatic rings. The minimum atomic E-state index is 0.416. The first kappa shape index (κ1) is 9.12. The summed E-state index contributed by atoms with van der Waals surface area (Å²) in [4.78, 5) is 1.48. The molecule has 1 atom stereocenters. The Morgan fingerprint density at radius 1 is 1.58 bits per heavy atom. The Bertz CT molecular complexity index is 231. The van der Waals surface area contributed by atoms with Crippen molar-refractivity contribution in [1.82, 2.24) is 25.5 Å². The molecule has 68 valence electrons. The van der Waals surface area contributed by atoms with Gasteiger partial charge in [-0.25, -0.2) is 0 Å². The lowest BCUT2D eigenvalue weighted by Gasteiger charge is -2.08. The average Bonchev–Trinajstić information content (AvgIpc) is 2.36. The predicted molar refractivity (Wildman–Crippen MR) is 45.6 cm³/mol. The molecule has 0 spiro atoms. The zero-order valence-electron chi connectivity index (χ0n) is 7.78. The summed E-state index contributed by atoms with van der Waals surface area (Å²) < 4.78 is 0. The van der Waals surface area contributed by atoms with Gasteiger partial charge in [0.15, 0.2) is 5.82 Å². The monoisotopic (exact) mass is 169 g/mol. The maximum Gasteiger partial charge on any atom is 0.176 e. The molecule has 0 radical (unpaired) electrons. The van der Waals surface area contributed by atoms with E-state index in [9.17, 15) is 0 Å². The summed E-state index contributed by atoms with van der Waals surface area (Å²) in [5.41, 5.74) is 0. The second kappa shape index (κ2) is 4.15. The topological polar surface area (TPSA) is 55.6 Å². The number of likely N-dealkylation sites (N-methyl/N-ethyl adjacent to an activating group) is 1. The summed E-state index contributed by atoms with van der Waals surface area (Å²) in [5, 5.41) is 15.0. The Balaban J connectivity index is 2.41. The van der Waals surface area contributed by atoms with Crippen LogP contribution >= 0.6 is 0 Å². The third-order valence-corrected chi connectivity index (χ3v) is 1.59. The van der Waals surface area contributed by atoms with Crippen molar-refractivity contribution in [1.29, 1.82) is 0 Å². The van der Waals surface area contributed by atoms with Crippen molar-refractivity contribution < 1.29 is 0 Å². The first-order valence-electron chi connectivity index (χ1n) is 4.18. The fraction of sp³-hybridized carbons (Fsp3) is 0.857. The quantitative estimate of drug-likeness (QED) is 0.675. The van der Waals surface area contributed by atoms with Crippen molar-refractivity contribution >= 4 is 0 Å². The second-order valence-corrected chi connectivity index (χ2v) is 2.86. The Morgan fingerprint density at radius 2 is 2.33 bits per heavy atom. The first-order chi connectivity index (χ1) is 5.72. The highest BCUT2D eigenvalue weighted by Gasteiger charge is 2.05. The molecule has 1 heterocycles. The molecular formula is C7H15N5. The van der Waals surface area contributed by atoms with Crippen LogP contribution in [0.25, 0.3) is 0 Å². The third kappa shape index (κ3) is 2.58. The summed E-state index contributed by atoms with van der Waals surface area (Å²) in [6.45, 7) is 5.17. The van der Waals surface area contributed by atoms with Gasteiger partial charge in [-0.3, -0.25) is 0 Å². The molecule has 1 rings (SSSR count). The molecule has 12 heavy (non-hydrogen) atoms. The number of nitrogens with zero attached hydrogens (tertiary/aromatic N) is 4. The molecule has 1 unspecified atom stereocenters. The molecule has 0 aliphatic carbocycles. The van der Waals surface area contributed by atoms with Crippen LogP contribution in [0.3, 0.4) is 0 Å². The molecule has 0 aromatic carbocycles. The Hall–Kier alpha value is -0.970. The van der Waals surface area contributed by atoms with Gasteiger partial charge in [-0.2, -0.15) is 4.80 Å². The lowest BCUT2D eigenvalue weighted by molar-refractivity contribution is 0.549. The molecule has 1 aromatic heterocycles. The Labute approximate surface area is 72.2 Å². The minimum Gasteiger partial charge on any atom is -0.314 e. The predicted octanol–water partition coefficient (Wildman–Crippen LogP) is -0.249. The summed E-state index contributed by atoms with van der Waals surface area (Å²) in [6, 6.07) is 0.416. The zero-order valence-corrected chi connectivity index (χ0v) is 7.78. The Morgan fingerprint density at radius 3 is 2.83 bits per heavy atom. The van der Waals surface area contributed by atoms with Crippen LogP contribution in [0, 0.1) is 0 Å². The normalized spacial score (nSPS) is 13.2. The summed E-state index contributed by atoms with van der Waals surface area (Å²) in [7, 11) is 1.77. The SMILES string of the molecule is CCNC(C)Cc1nnn(C)n1. The minimum absolute atomic E-state index is 0.416. The van der Waals surface area contributed by atoms with Crippen LogP contribution in [0.1, 0.15) is 19.7 Å². The fourth-order valence-corrected chi connectivity index (χ4v) is 1.10. The van der Waals surface area contributed by atoms with Crippen LogP contribution in [0.4, 0.5) is 0 Å².